The van der Waals surface area contributed by atoms with E-state index in [1.54, 1.807) is 0 Å². The van der Waals surface area contributed by atoms with Crippen molar-refractivity contribution in [1.82, 2.24) is 14.1 Å². The van der Waals surface area contributed by atoms with Crippen LogP contribution in [0.25, 0.3) is 87.3 Å². The molecule has 3 heteroatoms. The molecule has 0 atom stereocenters. The Labute approximate surface area is 259 Å². The summed E-state index contributed by atoms with van der Waals surface area (Å²) in [6.45, 7) is 2.11. The molecule has 3 nitrogen and oxygen atoms in total. The second kappa shape index (κ2) is 9.04. The molecule has 0 aliphatic heterocycles. The van der Waals surface area contributed by atoms with Crippen LogP contribution in [0, 0.1) is 6.92 Å². The van der Waals surface area contributed by atoms with Crippen LogP contribution in [0.4, 0.5) is 0 Å². The Morgan fingerprint density at radius 2 is 0.956 bits per heavy atom. The number of hydrogen-bond donors (Lipinski definition) is 0. The number of benzene rings is 7. The van der Waals surface area contributed by atoms with Gasteiger partial charge in [-0.05, 0) is 81.2 Å². The van der Waals surface area contributed by atoms with E-state index < -0.39 is 0 Å². The molecular formula is C42H27N3. The lowest BCUT2D eigenvalue weighted by atomic mass is 9.94. The third kappa shape index (κ3) is 3.32. The van der Waals surface area contributed by atoms with Gasteiger partial charge in [0.1, 0.15) is 0 Å². The molecule has 0 N–H and O–H groups in total. The van der Waals surface area contributed by atoms with Crippen molar-refractivity contribution in [3.05, 3.63) is 151 Å². The Morgan fingerprint density at radius 1 is 0.400 bits per heavy atom. The second-order valence-corrected chi connectivity index (χ2v) is 12.1. The predicted octanol–water partition coefficient (Wildman–Crippen LogP) is 11.0. The molecular weight excluding hydrogens is 546 g/mol. The zero-order valence-corrected chi connectivity index (χ0v) is 24.7. The number of aryl methyl sites for hydroxylation is 1. The first-order valence-corrected chi connectivity index (χ1v) is 15.5. The van der Waals surface area contributed by atoms with E-state index in [-0.39, 0.29) is 0 Å². The van der Waals surface area contributed by atoms with Gasteiger partial charge in [-0.2, -0.15) is 0 Å². The van der Waals surface area contributed by atoms with Crippen LogP contribution in [-0.2, 0) is 0 Å². The lowest BCUT2D eigenvalue weighted by molar-refractivity contribution is 1.13. The SMILES string of the molecule is Cc1cncc(-n2c3ccccc3c3ccc4c(c5ccccc5n4-c4ccc5c6ccccc6c6ccccc6c5c4)c32)c1. The van der Waals surface area contributed by atoms with Crippen LogP contribution in [-0.4, -0.2) is 14.1 Å². The Bertz CT molecular complexity index is 2800. The first-order chi connectivity index (χ1) is 22.3. The lowest BCUT2D eigenvalue weighted by Crippen LogP contribution is -1.97. The van der Waals surface area contributed by atoms with Crippen LogP contribution in [0.15, 0.2) is 146 Å². The fourth-order valence-electron chi connectivity index (χ4n) is 7.75. The number of aromatic nitrogens is 3. The van der Waals surface area contributed by atoms with E-state index in [1.807, 2.05) is 12.4 Å². The molecule has 0 spiro atoms. The first-order valence-electron chi connectivity index (χ1n) is 15.5. The van der Waals surface area contributed by atoms with E-state index in [0.29, 0.717) is 0 Å². The van der Waals surface area contributed by atoms with Crippen molar-refractivity contribution in [1.29, 1.82) is 0 Å². The quantitative estimate of drug-likeness (QED) is 0.189. The maximum absolute atomic E-state index is 4.60. The molecule has 0 aliphatic carbocycles. The third-order valence-corrected chi connectivity index (χ3v) is 9.57. The highest BCUT2D eigenvalue weighted by atomic mass is 15.0. The average Bonchev–Trinajstić information content (AvgIpc) is 3.61. The predicted molar refractivity (Wildman–Crippen MR) is 190 cm³/mol. The Kier molecular flexibility index (Phi) is 4.92. The summed E-state index contributed by atoms with van der Waals surface area (Å²) in [4.78, 5) is 4.60. The molecule has 10 aromatic rings. The molecule has 0 saturated heterocycles. The highest BCUT2D eigenvalue weighted by Gasteiger charge is 2.21. The molecule has 0 saturated carbocycles. The Hall–Kier alpha value is -5.93. The summed E-state index contributed by atoms with van der Waals surface area (Å²) in [6.07, 6.45) is 3.90. The van der Waals surface area contributed by atoms with Gasteiger partial charge in [-0.3, -0.25) is 4.98 Å². The molecule has 210 valence electrons. The summed E-state index contributed by atoms with van der Waals surface area (Å²) in [5.41, 5.74) is 8.18. The summed E-state index contributed by atoms with van der Waals surface area (Å²) >= 11 is 0. The highest BCUT2D eigenvalue weighted by molar-refractivity contribution is 6.27. The van der Waals surface area contributed by atoms with E-state index in [1.165, 1.54) is 75.9 Å². The molecule has 7 aromatic carbocycles. The number of nitrogens with zero attached hydrogens (tertiary/aromatic N) is 3. The summed E-state index contributed by atoms with van der Waals surface area (Å²) in [5.74, 6) is 0. The van der Waals surface area contributed by atoms with Gasteiger partial charge >= 0.3 is 0 Å². The molecule has 3 heterocycles. The molecule has 45 heavy (non-hydrogen) atoms. The Morgan fingerprint density at radius 3 is 1.64 bits per heavy atom. The molecule has 10 rings (SSSR count). The van der Waals surface area contributed by atoms with Gasteiger partial charge in [-0.15, -0.1) is 0 Å². The van der Waals surface area contributed by atoms with E-state index in [0.717, 1.165) is 16.9 Å². The van der Waals surface area contributed by atoms with Crippen molar-refractivity contribution in [2.45, 2.75) is 6.92 Å². The van der Waals surface area contributed by atoms with Gasteiger partial charge in [0.15, 0.2) is 0 Å². The maximum Gasteiger partial charge on any atom is 0.0648 e. The molecule has 0 unspecified atom stereocenters. The monoisotopic (exact) mass is 573 g/mol. The van der Waals surface area contributed by atoms with E-state index in [2.05, 4.69) is 155 Å². The maximum atomic E-state index is 4.60. The van der Waals surface area contributed by atoms with E-state index >= 15 is 0 Å². The number of para-hydroxylation sites is 2. The van der Waals surface area contributed by atoms with E-state index in [9.17, 15) is 0 Å². The number of hydrogen-bond acceptors (Lipinski definition) is 1. The Balaban J connectivity index is 1.37. The minimum Gasteiger partial charge on any atom is -0.309 e. The van der Waals surface area contributed by atoms with Crippen LogP contribution in [0.3, 0.4) is 0 Å². The van der Waals surface area contributed by atoms with Gasteiger partial charge in [-0.25, -0.2) is 0 Å². The fraction of sp³-hybridized carbons (Fsp3) is 0.0238. The normalized spacial score (nSPS) is 12.1. The fourth-order valence-corrected chi connectivity index (χ4v) is 7.75. The van der Waals surface area contributed by atoms with Gasteiger partial charge in [0, 0.05) is 33.4 Å². The zero-order valence-electron chi connectivity index (χ0n) is 24.7. The summed E-state index contributed by atoms with van der Waals surface area (Å²) in [7, 11) is 0. The van der Waals surface area contributed by atoms with Crippen LogP contribution >= 0.6 is 0 Å². The van der Waals surface area contributed by atoms with Crippen molar-refractivity contribution in [2.75, 3.05) is 0 Å². The molecule has 0 bridgehead atoms. The largest absolute Gasteiger partial charge is 0.309 e. The highest BCUT2D eigenvalue weighted by Crippen LogP contribution is 2.43. The molecule has 0 radical (unpaired) electrons. The van der Waals surface area contributed by atoms with Crippen molar-refractivity contribution in [3.8, 4) is 11.4 Å². The van der Waals surface area contributed by atoms with E-state index in [4.69, 9.17) is 0 Å². The topological polar surface area (TPSA) is 22.8 Å². The van der Waals surface area contributed by atoms with Gasteiger partial charge in [0.2, 0.25) is 0 Å². The molecule has 0 aliphatic rings. The first kappa shape index (κ1) is 24.5. The number of fused-ring (bicyclic) bond motifs is 13. The van der Waals surface area contributed by atoms with Crippen molar-refractivity contribution in [2.24, 2.45) is 0 Å². The minimum absolute atomic E-state index is 1.08. The number of pyridine rings is 1. The van der Waals surface area contributed by atoms with Crippen LogP contribution in [0.1, 0.15) is 5.56 Å². The minimum atomic E-state index is 1.08. The smallest absolute Gasteiger partial charge is 0.0648 e. The molecule has 3 aromatic heterocycles. The number of rotatable bonds is 2. The van der Waals surface area contributed by atoms with Crippen molar-refractivity contribution in [3.63, 3.8) is 0 Å². The summed E-state index contributed by atoms with van der Waals surface area (Å²) < 4.78 is 4.85. The van der Waals surface area contributed by atoms with Crippen LogP contribution in [0.2, 0.25) is 0 Å². The van der Waals surface area contributed by atoms with Crippen molar-refractivity contribution >= 4 is 75.9 Å². The third-order valence-electron chi connectivity index (χ3n) is 9.57. The van der Waals surface area contributed by atoms with Gasteiger partial charge in [0.25, 0.3) is 0 Å². The molecule has 0 fully saturated rings. The van der Waals surface area contributed by atoms with Crippen molar-refractivity contribution < 1.29 is 0 Å². The molecule has 0 amide bonds. The summed E-state index contributed by atoms with van der Waals surface area (Å²) in [5, 5.41) is 12.7. The van der Waals surface area contributed by atoms with Crippen LogP contribution in [0.5, 0.6) is 0 Å². The van der Waals surface area contributed by atoms with Gasteiger partial charge in [0.05, 0.1) is 34.0 Å². The summed E-state index contributed by atoms with van der Waals surface area (Å²) in [6, 6.07) is 49.0. The zero-order chi connectivity index (χ0) is 29.6. The van der Waals surface area contributed by atoms with Crippen LogP contribution < -0.4 is 0 Å². The lowest BCUT2D eigenvalue weighted by Gasteiger charge is -2.14. The van der Waals surface area contributed by atoms with Gasteiger partial charge < -0.3 is 9.13 Å². The van der Waals surface area contributed by atoms with Gasteiger partial charge in [-0.1, -0.05) is 97.1 Å². The second-order valence-electron chi connectivity index (χ2n) is 12.1. The average molecular weight is 574 g/mol. The standard InChI is InChI=1S/C42H27N3/c1-26-22-28(25-43-24-26)45-38-16-8-6-14-34(38)35-20-21-40-41(42(35)45)36-15-7-9-17-39(36)44(40)27-18-19-33-31-12-3-2-10-29(31)30-11-4-5-13-32(30)37(33)23-27/h2-25H,1H3.